The number of amides is 1. The highest BCUT2D eigenvalue weighted by atomic mass is 16.5. The van der Waals surface area contributed by atoms with E-state index in [4.69, 9.17) is 4.74 Å². The smallest absolute Gasteiger partial charge is 0.310 e. The molecule has 21 heavy (non-hydrogen) atoms. The zero-order valence-corrected chi connectivity index (χ0v) is 11.8. The molecule has 0 spiro atoms. The molecule has 0 unspecified atom stereocenters. The number of esters is 1. The Morgan fingerprint density at radius 2 is 1.95 bits per heavy atom. The van der Waals surface area contributed by atoms with Gasteiger partial charge in [-0.3, -0.25) is 9.59 Å². The van der Waals surface area contributed by atoms with Gasteiger partial charge in [0.15, 0.2) is 6.61 Å². The number of ether oxygens (including phenoxy) is 1. The van der Waals surface area contributed by atoms with Crippen LogP contribution in [0.3, 0.4) is 0 Å². The number of likely N-dealkylation sites (tertiary alicyclic amines) is 1. The number of carbonyl (C=O) groups is 2. The van der Waals surface area contributed by atoms with Crippen molar-refractivity contribution in [2.45, 2.75) is 19.3 Å². The Balaban J connectivity index is 1.55. The molecule has 1 aliphatic rings. The van der Waals surface area contributed by atoms with Crippen LogP contribution in [0.1, 0.15) is 18.4 Å². The van der Waals surface area contributed by atoms with Gasteiger partial charge in [0.05, 0.1) is 6.42 Å². The van der Waals surface area contributed by atoms with Crippen LogP contribution in [-0.2, 0) is 20.7 Å². The molecule has 1 aliphatic heterocycles. The molecule has 0 saturated carbocycles. The molecule has 1 amide bonds. The van der Waals surface area contributed by atoms with Crippen molar-refractivity contribution in [2.75, 3.05) is 19.7 Å². The van der Waals surface area contributed by atoms with Crippen LogP contribution in [0.4, 0.5) is 0 Å². The van der Waals surface area contributed by atoms with E-state index in [0.29, 0.717) is 0 Å². The number of para-hydroxylation sites is 1. The quantitative estimate of drug-likeness (QED) is 0.873. The summed E-state index contributed by atoms with van der Waals surface area (Å²) in [5.74, 6) is -0.466. The third-order valence-electron chi connectivity index (χ3n) is 3.83. The Morgan fingerprint density at radius 1 is 1.19 bits per heavy atom. The van der Waals surface area contributed by atoms with E-state index < -0.39 is 0 Å². The van der Waals surface area contributed by atoms with E-state index >= 15 is 0 Å². The third-order valence-corrected chi connectivity index (χ3v) is 3.83. The van der Waals surface area contributed by atoms with Gasteiger partial charge in [-0.05, 0) is 24.5 Å². The first kappa shape index (κ1) is 13.7. The summed E-state index contributed by atoms with van der Waals surface area (Å²) in [6, 6.07) is 7.79. The molecule has 0 aliphatic carbocycles. The second kappa shape index (κ2) is 5.99. The lowest BCUT2D eigenvalue weighted by molar-refractivity contribution is -0.151. The summed E-state index contributed by atoms with van der Waals surface area (Å²) >= 11 is 0. The number of H-pyrrole nitrogens is 1. The standard InChI is InChI=1S/C16H18N2O3/c19-15(18-7-3-4-8-18)11-21-16(20)9-12-10-17-14-6-2-1-5-13(12)14/h1-2,5-6,10,17H,3-4,7-9,11H2. The summed E-state index contributed by atoms with van der Waals surface area (Å²) in [6.07, 6.45) is 4.07. The second-order valence-electron chi connectivity index (χ2n) is 5.28. The topological polar surface area (TPSA) is 62.4 Å². The maximum Gasteiger partial charge on any atom is 0.310 e. The van der Waals surface area contributed by atoms with Crippen LogP contribution >= 0.6 is 0 Å². The average molecular weight is 286 g/mol. The Labute approximate surface area is 122 Å². The third kappa shape index (κ3) is 3.07. The van der Waals surface area contributed by atoms with E-state index in [1.165, 1.54) is 0 Å². The minimum Gasteiger partial charge on any atom is -0.455 e. The van der Waals surface area contributed by atoms with E-state index in [9.17, 15) is 9.59 Å². The normalized spacial score (nSPS) is 14.6. The van der Waals surface area contributed by atoms with E-state index in [1.807, 2.05) is 30.5 Å². The van der Waals surface area contributed by atoms with Crippen LogP contribution in [0.5, 0.6) is 0 Å². The minimum absolute atomic E-state index is 0.0974. The highest BCUT2D eigenvalue weighted by Crippen LogP contribution is 2.18. The summed E-state index contributed by atoms with van der Waals surface area (Å²) in [7, 11) is 0. The maximum atomic E-state index is 11.9. The second-order valence-corrected chi connectivity index (χ2v) is 5.28. The van der Waals surface area contributed by atoms with Crippen molar-refractivity contribution >= 4 is 22.8 Å². The van der Waals surface area contributed by atoms with Crippen molar-refractivity contribution in [3.63, 3.8) is 0 Å². The molecule has 1 aromatic carbocycles. The lowest BCUT2D eigenvalue weighted by Gasteiger charge is -2.14. The van der Waals surface area contributed by atoms with Gasteiger partial charge in [0.1, 0.15) is 0 Å². The number of hydrogen-bond acceptors (Lipinski definition) is 3. The maximum absolute atomic E-state index is 11.9. The summed E-state index contributed by atoms with van der Waals surface area (Å²) in [6.45, 7) is 1.40. The molecule has 1 aromatic heterocycles. The summed E-state index contributed by atoms with van der Waals surface area (Å²) in [4.78, 5) is 28.5. The van der Waals surface area contributed by atoms with Crippen molar-refractivity contribution in [3.8, 4) is 0 Å². The number of nitrogens with one attached hydrogen (secondary N) is 1. The molecule has 2 heterocycles. The van der Waals surface area contributed by atoms with Crippen molar-refractivity contribution in [1.29, 1.82) is 0 Å². The monoisotopic (exact) mass is 286 g/mol. The Hall–Kier alpha value is -2.30. The molecule has 5 heteroatoms. The van der Waals surface area contributed by atoms with Crippen LogP contribution in [-0.4, -0.2) is 41.5 Å². The number of benzene rings is 1. The highest BCUT2D eigenvalue weighted by molar-refractivity contribution is 5.88. The number of aromatic nitrogens is 1. The number of rotatable bonds is 4. The lowest BCUT2D eigenvalue weighted by atomic mass is 10.1. The molecule has 1 N–H and O–H groups in total. The first-order chi connectivity index (χ1) is 10.2. The van der Waals surface area contributed by atoms with Gasteiger partial charge in [-0.15, -0.1) is 0 Å². The fourth-order valence-electron chi connectivity index (χ4n) is 2.68. The Bertz CT molecular complexity index is 656. The van der Waals surface area contributed by atoms with E-state index in [2.05, 4.69) is 4.98 Å². The molecule has 0 radical (unpaired) electrons. The van der Waals surface area contributed by atoms with E-state index in [-0.39, 0.29) is 24.9 Å². The SMILES string of the molecule is O=C(Cc1c[nH]c2ccccc12)OCC(=O)N1CCCC1. The molecule has 0 bridgehead atoms. The van der Waals surface area contributed by atoms with Gasteiger partial charge < -0.3 is 14.6 Å². The lowest BCUT2D eigenvalue weighted by Crippen LogP contribution is -2.32. The first-order valence-electron chi connectivity index (χ1n) is 7.22. The number of nitrogens with zero attached hydrogens (tertiary/aromatic N) is 1. The predicted octanol–water partition coefficient (Wildman–Crippen LogP) is 1.88. The molecule has 0 atom stereocenters. The fourth-order valence-corrected chi connectivity index (χ4v) is 2.68. The number of hydrogen-bond donors (Lipinski definition) is 1. The van der Waals surface area contributed by atoms with Crippen LogP contribution in [0.15, 0.2) is 30.5 Å². The molecular weight excluding hydrogens is 268 g/mol. The van der Waals surface area contributed by atoms with Gasteiger partial charge in [0.2, 0.25) is 0 Å². The number of fused-ring (bicyclic) bond motifs is 1. The molecule has 1 saturated heterocycles. The first-order valence-corrected chi connectivity index (χ1v) is 7.22. The van der Waals surface area contributed by atoms with Crippen LogP contribution in [0, 0.1) is 0 Å². The summed E-state index contributed by atoms with van der Waals surface area (Å²) in [5.41, 5.74) is 1.89. The van der Waals surface area contributed by atoms with Crippen LogP contribution < -0.4 is 0 Å². The molecule has 110 valence electrons. The van der Waals surface area contributed by atoms with Crippen molar-refractivity contribution < 1.29 is 14.3 Å². The molecular formula is C16H18N2O3. The summed E-state index contributed by atoms with van der Waals surface area (Å²) < 4.78 is 5.09. The Morgan fingerprint density at radius 3 is 2.76 bits per heavy atom. The van der Waals surface area contributed by atoms with Gasteiger partial charge >= 0.3 is 5.97 Å². The van der Waals surface area contributed by atoms with Crippen molar-refractivity contribution in [1.82, 2.24) is 9.88 Å². The number of aromatic amines is 1. The largest absolute Gasteiger partial charge is 0.455 e. The molecule has 2 aromatic rings. The van der Waals surface area contributed by atoms with Crippen LogP contribution in [0.2, 0.25) is 0 Å². The minimum atomic E-state index is -0.368. The van der Waals surface area contributed by atoms with Crippen molar-refractivity contribution in [2.24, 2.45) is 0 Å². The predicted molar refractivity (Wildman–Crippen MR) is 78.8 cm³/mol. The van der Waals surface area contributed by atoms with Gasteiger partial charge in [0, 0.05) is 30.2 Å². The van der Waals surface area contributed by atoms with Gasteiger partial charge in [-0.2, -0.15) is 0 Å². The summed E-state index contributed by atoms with van der Waals surface area (Å²) in [5, 5.41) is 1.01. The Kier molecular flexibility index (Phi) is 3.90. The molecule has 1 fully saturated rings. The van der Waals surface area contributed by atoms with E-state index in [1.54, 1.807) is 4.90 Å². The fraction of sp³-hybridized carbons (Fsp3) is 0.375. The van der Waals surface area contributed by atoms with Crippen LogP contribution in [0.25, 0.3) is 10.9 Å². The van der Waals surface area contributed by atoms with Crippen molar-refractivity contribution in [3.05, 3.63) is 36.0 Å². The van der Waals surface area contributed by atoms with Gasteiger partial charge in [-0.25, -0.2) is 0 Å². The average Bonchev–Trinajstić information content (AvgIpc) is 3.15. The van der Waals surface area contributed by atoms with Gasteiger partial charge in [-0.1, -0.05) is 18.2 Å². The zero-order chi connectivity index (χ0) is 14.7. The zero-order valence-electron chi connectivity index (χ0n) is 11.8. The highest BCUT2D eigenvalue weighted by Gasteiger charge is 2.19. The number of carbonyl (C=O) groups excluding carboxylic acids is 2. The van der Waals surface area contributed by atoms with Gasteiger partial charge in [0.25, 0.3) is 5.91 Å². The van der Waals surface area contributed by atoms with E-state index in [0.717, 1.165) is 42.4 Å². The molecule has 5 nitrogen and oxygen atoms in total. The molecule has 3 rings (SSSR count).